The number of amides is 2. The summed E-state index contributed by atoms with van der Waals surface area (Å²) in [5.41, 5.74) is 20.1. The summed E-state index contributed by atoms with van der Waals surface area (Å²) in [5, 5.41) is 3.49. The summed E-state index contributed by atoms with van der Waals surface area (Å²) in [4.78, 5) is 34.2. The first kappa shape index (κ1) is 26.1. The minimum Gasteiger partial charge on any atom is -0.397 e. The number of benzene rings is 1. The number of nitrogens with one attached hydrogen (secondary N) is 1. The second-order valence-electron chi connectivity index (χ2n) is 9.45. The van der Waals surface area contributed by atoms with E-state index in [1.54, 1.807) is 24.3 Å². The van der Waals surface area contributed by atoms with Crippen LogP contribution in [0.3, 0.4) is 0 Å². The van der Waals surface area contributed by atoms with E-state index < -0.39 is 5.91 Å². The lowest BCUT2D eigenvalue weighted by Crippen LogP contribution is -2.30. The zero-order valence-electron chi connectivity index (χ0n) is 20.2. The van der Waals surface area contributed by atoms with E-state index in [4.69, 9.17) is 17.2 Å². The van der Waals surface area contributed by atoms with Gasteiger partial charge in [0, 0.05) is 10.9 Å². The van der Waals surface area contributed by atoms with Crippen molar-refractivity contribution >= 4 is 39.8 Å². The van der Waals surface area contributed by atoms with Crippen molar-refractivity contribution in [1.29, 1.82) is 0 Å². The fourth-order valence-corrected chi connectivity index (χ4v) is 4.44. The molecule has 0 unspecified atom stereocenters. The van der Waals surface area contributed by atoms with Crippen LogP contribution in [0, 0.1) is 12.3 Å². The molecule has 1 aromatic carbocycles. The van der Waals surface area contributed by atoms with Gasteiger partial charge in [-0.2, -0.15) is 0 Å². The third-order valence-corrected chi connectivity index (χ3v) is 5.70. The quantitative estimate of drug-likeness (QED) is 0.265. The van der Waals surface area contributed by atoms with E-state index in [0.717, 1.165) is 17.7 Å². The zero-order chi connectivity index (χ0) is 24.9. The van der Waals surface area contributed by atoms with Crippen molar-refractivity contribution in [3.8, 4) is 0 Å². The molecule has 0 atom stereocenters. The summed E-state index contributed by atoms with van der Waals surface area (Å²) >= 11 is 1.51. The Labute approximate surface area is 199 Å². The maximum absolute atomic E-state index is 12.5. The highest BCUT2D eigenvalue weighted by molar-refractivity contribution is 7.15. The molecular weight excluding hydrogens is 436 g/mol. The molecule has 0 bridgehead atoms. The van der Waals surface area contributed by atoms with Crippen LogP contribution in [0.15, 0.2) is 34.8 Å². The summed E-state index contributed by atoms with van der Waals surface area (Å²) in [5.74, 6) is -0.904. The van der Waals surface area contributed by atoms with E-state index in [-0.39, 0.29) is 40.9 Å². The maximum atomic E-state index is 12.5. The predicted octanol–water partition coefficient (Wildman–Crippen LogP) is 3.14. The number of rotatable bonds is 8. The molecular formula is C24H34N6O2S. The van der Waals surface area contributed by atoms with Crippen LogP contribution in [0.2, 0.25) is 0 Å². The smallest absolute Gasteiger partial charge is 0.254 e. The van der Waals surface area contributed by atoms with Crippen LogP contribution in [0.4, 0.5) is 5.13 Å². The third kappa shape index (κ3) is 7.71. The molecule has 1 aromatic heterocycles. The minimum atomic E-state index is -0.748. The first-order valence-electron chi connectivity index (χ1n) is 10.8. The number of primary amides is 1. The van der Waals surface area contributed by atoms with E-state index in [1.165, 1.54) is 16.2 Å². The van der Waals surface area contributed by atoms with E-state index in [9.17, 15) is 9.59 Å². The lowest BCUT2D eigenvalue weighted by molar-refractivity contribution is -0.116. The predicted molar refractivity (Wildman–Crippen MR) is 136 cm³/mol. The molecule has 0 fully saturated rings. The number of hydrogen-bond acceptors (Lipinski definition) is 6. The number of nitrogens with zero attached hydrogens (tertiary/aromatic N) is 2. The molecule has 0 aliphatic carbocycles. The van der Waals surface area contributed by atoms with Gasteiger partial charge in [0.2, 0.25) is 5.91 Å². The average Bonchev–Trinajstić information content (AvgIpc) is 2.98. The molecule has 0 aliphatic rings. The van der Waals surface area contributed by atoms with Crippen LogP contribution in [0.25, 0.3) is 5.70 Å². The van der Waals surface area contributed by atoms with Crippen LogP contribution < -0.4 is 22.5 Å². The SMILES string of the molecule is Cc1nc(NC(=O)Cc2ccc(/C(N)=C(\C(N)=O)C(N)=NC(C)C)cc2)sc1CC(C)(C)C. The third-order valence-electron chi connectivity index (χ3n) is 4.63. The molecule has 2 aromatic rings. The summed E-state index contributed by atoms with van der Waals surface area (Å²) in [6.45, 7) is 12.2. The topological polar surface area (TPSA) is 149 Å². The van der Waals surface area contributed by atoms with E-state index in [2.05, 4.69) is 36.1 Å². The summed E-state index contributed by atoms with van der Waals surface area (Å²) in [6.07, 6.45) is 1.08. The summed E-state index contributed by atoms with van der Waals surface area (Å²) < 4.78 is 0. The van der Waals surface area contributed by atoms with E-state index >= 15 is 0 Å². The van der Waals surface area contributed by atoms with Crippen molar-refractivity contribution in [2.24, 2.45) is 27.6 Å². The standard InChI is InChI=1S/C24H34N6O2S/c1-13(2)28-21(26)19(22(27)32)20(25)16-9-7-15(8-10-16)11-18(31)30-23-29-14(3)17(33-23)12-24(4,5)6/h7-10,13H,11-12,25H2,1-6H3,(H2,26,28)(H2,27,32)(H,29,30,31)/b20-19+. The van der Waals surface area contributed by atoms with Crippen molar-refractivity contribution in [3.05, 3.63) is 51.5 Å². The molecule has 9 heteroatoms. The van der Waals surface area contributed by atoms with Gasteiger partial charge in [-0.1, -0.05) is 45.0 Å². The Balaban J connectivity index is 2.13. The summed E-state index contributed by atoms with van der Waals surface area (Å²) in [7, 11) is 0. The highest BCUT2D eigenvalue weighted by atomic mass is 32.1. The Morgan fingerprint density at radius 3 is 2.24 bits per heavy atom. The Kier molecular flexibility index (Phi) is 8.38. The molecule has 33 heavy (non-hydrogen) atoms. The largest absolute Gasteiger partial charge is 0.397 e. The molecule has 0 aliphatic heterocycles. The van der Waals surface area contributed by atoms with E-state index in [1.807, 2.05) is 20.8 Å². The second kappa shape index (κ2) is 10.6. The van der Waals surface area contributed by atoms with Gasteiger partial charge in [0.15, 0.2) is 5.13 Å². The zero-order valence-corrected chi connectivity index (χ0v) is 21.0. The van der Waals surface area contributed by atoms with Crippen LogP contribution in [-0.4, -0.2) is 28.7 Å². The summed E-state index contributed by atoms with van der Waals surface area (Å²) in [6, 6.07) is 6.87. The van der Waals surface area contributed by atoms with Crippen LogP contribution in [0.5, 0.6) is 0 Å². The number of hydrogen-bond donors (Lipinski definition) is 4. The molecule has 2 rings (SSSR count). The fourth-order valence-electron chi connectivity index (χ4n) is 3.16. The van der Waals surface area contributed by atoms with Crippen molar-refractivity contribution < 1.29 is 9.59 Å². The van der Waals surface area contributed by atoms with Crippen molar-refractivity contribution in [2.75, 3.05) is 5.32 Å². The number of amidine groups is 1. The fraction of sp³-hybridized carbons (Fsp3) is 0.417. The molecule has 0 spiro atoms. The lowest BCUT2D eigenvalue weighted by Gasteiger charge is -2.16. The van der Waals surface area contributed by atoms with Gasteiger partial charge < -0.3 is 22.5 Å². The van der Waals surface area contributed by atoms with Gasteiger partial charge >= 0.3 is 0 Å². The van der Waals surface area contributed by atoms with Crippen LogP contribution >= 0.6 is 11.3 Å². The van der Waals surface area contributed by atoms with Gasteiger partial charge in [-0.15, -0.1) is 11.3 Å². The number of anilines is 1. The number of aromatic nitrogens is 1. The minimum absolute atomic E-state index is 0.00280. The number of nitrogens with two attached hydrogens (primary N) is 3. The first-order chi connectivity index (χ1) is 15.3. The molecule has 7 N–H and O–H groups in total. The number of aliphatic imine (C=N–C) groups is 1. The Hall–Kier alpha value is -3.20. The normalized spacial score (nSPS) is 13.1. The van der Waals surface area contributed by atoms with Crippen molar-refractivity contribution in [2.45, 2.75) is 60.4 Å². The Morgan fingerprint density at radius 1 is 1.12 bits per heavy atom. The molecule has 8 nitrogen and oxygen atoms in total. The van der Waals surface area contributed by atoms with Gasteiger partial charge in [-0.3, -0.25) is 14.6 Å². The number of carbonyl (C=O) groups is 2. The Bertz CT molecular complexity index is 1080. The Morgan fingerprint density at radius 2 is 1.73 bits per heavy atom. The number of aryl methyl sites for hydroxylation is 1. The lowest BCUT2D eigenvalue weighted by atomic mass is 9.91. The second-order valence-corrected chi connectivity index (χ2v) is 10.5. The molecule has 2 amide bonds. The van der Waals surface area contributed by atoms with Crippen LogP contribution in [0.1, 0.15) is 56.3 Å². The van der Waals surface area contributed by atoms with Crippen molar-refractivity contribution in [3.63, 3.8) is 0 Å². The first-order valence-corrected chi connectivity index (χ1v) is 11.6. The number of carbonyl (C=O) groups excluding carboxylic acids is 2. The highest BCUT2D eigenvalue weighted by Crippen LogP contribution is 2.29. The van der Waals surface area contributed by atoms with E-state index in [0.29, 0.717) is 10.7 Å². The molecule has 1 heterocycles. The van der Waals surface area contributed by atoms with Gasteiger partial charge in [0.25, 0.3) is 5.91 Å². The maximum Gasteiger partial charge on any atom is 0.254 e. The van der Waals surface area contributed by atoms with Gasteiger partial charge in [-0.05, 0) is 43.7 Å². The highest BCUT2D eigenvalue weighted by Gasteiger charge is 2.18. The van der Waals surface area contributed by atoms with Gasteiger partial charge in [-0.25, -0.2) is 4.98 Å². The van der Waals surface area contributed by atoms with Crippen molar-refractivity contribution in [1.82, 2.24) is 4.98 Å². The molecule has 0 saturated carbocycles. The molecule has 0 saturated heterocycles. The monoisotopic (exact) mass is 470 g/mol. The average molecular weight is 471 g/mol. The number of thiazole rings is 1. The molecule has 0 radical (unpaired) electrons. The van der Waals surface area contributed by atoms with Gasteiger partial charge in [0.1, 0.15) is 11.4 Å². The van der Waals surface area contributed by atoms with Gasteiger partial charge in [0.05, 0.1) is 17.8 Å². The van der Waals surface area contributed by atoms with Crippen LogP contribution in [-0.2, 0) is 22.4 Å². The molecule has 178 valence electrons.